The third kappa shape index (κ3) is 2.03. The maximum absolute atomic E-state index is 10.7. The second-order valence-corrected chi connectivity index (χ2v) is 5.51. The van der Waals surface area contributed by atoms with Crippen LogP contribution in [0.3, 0.4) is 0 Å². The van der Waals surface area contributed by atoms with Gasteiger partial charge in [-0.3, -0.25) is 4.90 Å². The van der Waals surface area contributed by atoms with Crippen molar-refractivity contribution in [3.05, 3.63) is 29.8 Å². The number of carbonyl (C=O) groups excluding carboxylic acids is 1. The summed E-state index contributed by atoms with van der Waals surface area (Å²) in [6.07, 6.45) is 5.70. The van der Waals surface area contributed by atoms with Gasteiger partial charge in [-0.1, -0.05) is 12.1 Å². The van der Waals surface area contributed by atoms with E-state index in [1.54, 1.807) is 6.07 Å². The number of aldehydes is 1. The summed E-state index contributed by atoms with van der Waals surface area (Å²) in [5, 5.41) is 9.57. The lowest BCUT2D eigenvalue weighted by atomic mass is 9.85. The van der Waals surface area contributed by atoms with E-state index in [0.717, 1.165) is 19.1 Å². The fraction of sp³-hybridized carbons (Fsp3) is 0.533. The highest BCUT2D eigenvalue weighted by molar-refractivity contribution is 5.52. The van der Waals surface area contributed by atoms with Gasteiger partial charge in [-0.2, -0.15) is 0 Å². The fourth-order valence-electron chi connectivity index (χ4n) is 3.71. The summed E-state index contributed by atoms with van der Waals surface area (Å²) >= 11 is 0. The van der Waals surface area contributed by atoms with E-state index in [4.69, 9.17) is 0 Å². The van der Waals surface area contributed by atoms with Gasteiger partial charge in [-0.15, -0.1) is 0 Å². The molecule has 96 valence electrons. The van der Waals surface area contributed by atoms with Crippen LogP contribution in [-0.2, 0) is 4.79 Å². The second-order valence-electron chi connectivity index (χ2n) is 5.51. The van der Waals surface area contributed by atoms with E-state index in [1.807, 2.05) is 12.1 Å². The molecule has 0 radical (unpaired) electrons. The van der Waals surface area contributed by atoms with Gasteiger partial charge < -0.3 is 9.90 Å². The molecule has 0 unspecified atom stereocenters. The van der Waals surface area contributed by atoms with Gasteiger partial charge in [-0.05, 0) is 49.3 Å². The Bertz CT molecular complexity index is 432. The van der Waals surface area contributed by atoms with Crippen LogP contribution in [0.5, 0.6) is 5.75 Å². The Morgan fingerprint density at radius 1 is 1.28 bits per heavy atom. The number of carbonyl (C=O) groups is 1. The van der Waals surface area contributed by atoms with Crippen LogP contribution in [0.1, 0.15) is 37.2 Å². The Kier molecular flexibility index (Phi) is 3.08. The molecule has 3 atom stereocenters. The first-order valence-corrected chi connectivity index (χ1v) is 6.76. The number of fused-ring (bicyclic) bond motifs is 2. The molecule has 1 aromatic carbocycles. The first-order valence-electron chi connectivity index (χ1n) is 6.76. The maximum Gasteiger partial charge on any atom is 0.134 e. The number of benzene rings is 1. The van der Waals surface area contributed by atoms with Crippen molar-refractivity contribution in [1.82, 2.24) is 4.90 Å². The third-order valence-electron chi connectivity index (χ3n) is 4.51. The molecule has 3 heteroatoms. The molecule has 0 spiro atoms. The molecule has 0 aromatic heterocycles. The molecule has 3 nitrogen and oxygen atoms in total. The average Bonchev–Trinajstić information content (AvgIpc) is 2.62. The smallest absolute Gasteiger partial charge is 0.134 e. The van der Waals surface area contributed by atoms with Gasteiger partial charge in [-0.25, -0.2) is 0 Å². The number of aromatic hydroxyl groups is 1. The fourth-order valence-corrected chi connectivity index (χ4v) is 3.71. The van der Waals surface area contributed by atoms with Gasteiger partial charge >= 0.3 is 0 Å². The van der Waals surface area contributed by atoms with Crippen molar-refractivity contribution in [3.63, 3.8) is 0 Å². The summed E-state index contributed by atoms with van der Waals surface area (Å²) < 4.78 is 0. The van der Waals surface area contributed by atoms with Crippen molar-refractivity contribution in [2.24, 2.45) is 0 Å². The van der Waals surface area contributed by atoms with Crippen LogP contribution in [0, 0.1) is 0 Å². The van der Waals surface area contributed by atoms with Gasteiger partial charge in [0, 0.05) is 12.1 Å². The van der Waals surface area contributed by atoms with Crippen LogP contribution in [0.15, 0.2) is 24.3 Å². The molecular weight excluding hydrogens is 226 g/mol. The summed E-state index contributed by atoms with van der Waals surface area (Å²) in [4.78, 5) is 13.1. The Hall–Kier alpha value is -1.35. The zero-order valence-corrected chi connectivity index (χ0v) is 10.5. The van der Waals surface area contributed by atoms with E-state index < -0.39 is 0 Å². The molecule has 2 fully saturated rings. The molecular formula is C15H19NO2. The molecule has 2 aliphatic heterocycles. The van der Waals surface area contributed by atoms with Gasteiger partial charge in [0.15, 0.2) is 0 Å². The van der Waals surface area contributed by atoms with E-state index in [2.05, 4.69) is 11.0 Å². The molecule has 18 heavy (non-hydrogen) atoms. The number of phenolic OH excluding ortho intramolecular Hbond substituents is 1. The summed E-state index contributed by atoms with van der Waals surface area (Å²) in [7, 11) is 0. The largest absolute Gasteiger partial charge is 0.508 e. The molecule has 0 amide bonds. The van der Waals surface area contributed by atoms with Crippen LogP contribution in [0.4, 0.5) is 0 Å². The predicted octanol–water partition coefficient (Wildman–Crippen LogP) is 2.30. The second kappa shape index (κ2) is 4.73. The quantitative estimate of drug-likeness (QED) is 0.831. The van der Waals surface area contributed by atoms with Crippen LogP contribution in [0.2, 0.25) is 0 Å². The summed E-state index contributed by atoms with van der Waals surface area (Å²) in [6, 6.07) is 8.76. The van der Waals surface area contributed by atoms with Crippen LogP contribution >= 0.6 is 0 Å². The topological polar surface area (TPSA) is 40.5 Å². The van der Waals surface area contributed by atoms with Crippen LogP contribution in [0.25, 0.3) is 0 Å². The minimum absolute atomic E-state index is 0.357. The van der Waals surface area contributed by atoms with Crippen LogP contribution in [-0.4, -0.2) is 34.9 Å². The van der Waals surface area contributed by atoms with Crippen molar-refractivity contribution in [1.29, 1.82) is 0 Å². The normalized spacial score (nSPS) is 31.4. The summed E-state index contributed by atoms with van der Waals surface area (Å²) in [6.45, 7) is 0.585. The number of hydrogen-bond acceptors (Lipinski definition) is 3. The lowest BCUT2D eigenvalue weighted by Crippen LogP contribution is -2.43. The summed E-state index contributed by atoms with van der Waals surface area (Å²) in [5.41, 5.74) is 1.25. The van der Waals surface area contributed by atoms with E-state index in [-0.39, 0.29) is 0 Å². The zero-order valence-electron chi connectivity index (χ0n) is 10.5. The molecule has 1 N–H and O–H groups in total. The predicted molar refractivity (Wildman–Crippen MR) is 69.7 cm³/mol. The number of phenols is 1. The van der Waals surface area contributed by atoms with E-state index in [1.165, 1.54) is 18.4 Å². The van der Waals surface area contributed by atoms with E-state index >= 15 is 0 Å². The molecule has 3 rings (SSSR count). The highest BCUT2D eigenvalue weighted by Gasteiger charge is 2.40. The first-order chi connectivity index (χ1) is 8.78. The van der Waals surface area contributed by atoms with Crippen molar-refractivity contribution in [2.75, 3.05) is 6.54 Å². The lowest BCUT2D eigenvalue weighted by Gasteiger charge is -2.38. The highest BCUT2D eigenvalue weighted by Crippen LogP contribution is 2.43. The number of piperidine rings is 1. The molecule has 0 aliphatic carbocycles. The number of hydrogen-bond donors (Lipinski definition) is 1. The van der Waals surface area contributed by atoms with Crippen molar-refractivity contribution in [3.8, 4) is 5.75 Å². The Morgan fingerprint density at radius 2 is 2.00 bits per heavy atom. The van der Waals surface area contributed by atoms with Gasteiger partial charge in [0.05, 0.1) is 6.54 Å². The number of nitrogens with zero attached hydrogens (tertiary/aromatic N) is 1. The minimum atomic E-state index is 0.357. The maximum atomic E-state index is 10.7. The van der Waals surface area contributed by atoms with Gasteiger partial charge in [0.1, 0.15) is 12.0 Å². The molecule has 1 aromatic rings. The molecule has 2 saturated heterocycles. The lowest BCUT2D eigenvalue weighted by molar-refractivity contribution is -0.109. The van der Waals surface area contributed by atoms with E-state index in [9.17, 15) is 9.90 Å². The van der Waals surface area contributed by atoms with Gasteiger partial charge in [0.25, 0.3) is 0 Å². The van der Waals surface area contributed by atoms with Crippen LogP contribution < -0.4 is 0 Å². The van der Waals surface area contributed by atoms with E-state index in [0.29, 0.717) is 30.3 Å². The molecule has 2 aliphatic rings. The third-order valence-corrected chi connectivity index (χ3v) is 4.51. The van der Waals surface area contributed by atoms with Crippen molar-refractivity contribution < 1.29 is 9.90 Å². The molecule has 2 heterocycles. The number of rotatable bonds is 3. The standard InChI is InChI=1S/C15H19NO2/c17-7-6-16-13-4-5-14(16)9-12(8-13)11-2-1-3-15(18)10-11/h1-3,7,10,12-14,18H,4-6,8-9H2/t12-,13+,14-. The molecule has 2 bridgehead atoms. The SMILES string of the molecule is O=CCN1[C@@H]2CC[C@H]1C[C@@H](c1cccc(O)c1)C2. The Morgan fingerprint density at radius 3 is 2.61 bits per heavy atom. The zero-order chi connectivity index (χ0) is 12.5. The molecule has 0 saturated carbocycles. The highest BCUT2D eigenvalue weighted by atomic mass is 16.3. The van der Waals surface area contributed by atoms with Crippen molar-refractivity contribution >= 4 is 6.29 Å². The Balaban J connectivity index is 1.77. The average molecular weight is 245 g/mol. The van der Waals surface area contributed by atoms with Gasteiger partial charge in [0.2, 0.25) is 0 Å². The Labute approximate surface area is 107 Å². The van der Waals surface area contributed by atoms with Crippen molar-refractivity contribution in [2.45, 2.75) is 43.7 Å². The monoisotopic (exact) mass is 245 g/mol. The summed E-state index contributed by atoms with van der Waals surface area (Å²) in [5.74, 6) is 0.896. The minimum Gasteiger partial charge on any atom is -0.508 e. The first kappa shape index (κ1) is 11.7.